The van der Waals surface area contributed by atoms with E-state index >= 15 is 0 Å². The molecule has 3 aromatic rings. The predicted octanol–water partition coefficient (Wildman–Crippen LogP) is 1.95. The van der Waals surface area contributed by atoms with E-state index in [4.69, 9.17) is 9.84 Å². The maximum absolute atomic E-state index is 13.1. The summed E-state index contributed by atoms with van der Waals surface area (Å²) in [6.45, 7) is 0.376. The fourth-order valence-corrected chi connectivity index (χ4v) is 3.94. The van der Waals surface area contributed by atoms with Crippen LogP contribution in [0.2, 0.25) is 0 Å². The van der Waals surface area contributed by atoms with Crippen LogP contribution >= 0.6 is 0 Å². The molecule has 0 heterocycles. The Labute approximate surface area is 227 Å². The number of esters is 1. The number of benzene rings is 3. The summed E-state index contributed by atoms with van der Waals surface area (Å²) in [5.41, 5.74) is 3.65. The molecule has 206 valence electrons. The molecular weight excluding hydrogens is 500 g/mol. The minimum Gasteiger partial charge on any atom is -0.480 e. The molecule has 0 aliphatic carbocycles. The number of nitrogens with one attached hydrogen (secondary N) is 2. The van der Waals surface area contributed by atoms with Gasteiger partial charge < -0.3 is 25.4 Å². The molecule has 0 spiro atoms. The summed E-state index contributed by atoms with van der Waals surface area (Å²) in [7, 11) is 0. The smallest absolute Gasteiger partial charge is 0.325 e. The van der Waals surface area contributed by atoms with Gasteiger partial charge in [0, 0.05) is 0 Å². The molecule has 5 N–H and O–H groups in total. The summed E-state index contributed by atoms with van der Waals surface area (Å²) in [6.07, 6.45) is -0.884. The van der Waals surface area contributed by atoms with E-state index in [1.165, 1.54) is 6.92 Å². The Morgan fingerprint density at radius 1 is 0.795 bits per heavy atom. The number of aliphatic carboxylic acids is 1. The summed E-state index contributed by atoms with van der Waals surface area (Å²) >= 11 is 0. The van der Waals surface area contributed by atoms with Crippen LogP contribution < -0.4 is 10.6 Å². The Morgan fingerprint density at radius 3 is 1.92 bits per heavy atom. The van der Waals surface area contributed by atoms with Crippen molar-refractivity contribution in [1.82, 2.24) is 10.6 Å². The second-order valence-electron chi connectivity index (χ2n) is 9.26. The number of ether oxygens (including phenoxy) is 1. The first-order valence-electron chi connectivity index (χ1n) is 12.7. The summed E-state index contributed by atoms with van der Waals surface area (Å²) in [4.78, 5) is 37.6. The SMILES string of the molecule is C[C@H](NC(=O)[C@H](Cc1ccccc1)NC(Cc1ccc(-c2ccccc2)cc1)C(=O)OCC(O)CO)C(=O)O. The number of carbonyl (C=O) groups is 3. The zero-order valence-electron chi connectivity index (χ0n) is 21.7. The van der Waals surface area contributed by atoms with Gasteiger partial charge in [-0.15, -0.1) is 0 Å². The molecule has 0 bridgehead atoms. The number of rotatable bonds is 14. The largest absolute Gasteiger partial charge is 0.480 e. The first kappa shape index (κ1) is 29.5. The molecule has 2 unspecified atom stereocenters. The van der Waals surface area contributed by atoms with E-state index < -0.39 is 55.3 Å². The van der Waals surface area contributed by atoms with Gasteiger partial charge in [0.1, 0.15) is 24.8 Å². The number of carbonyl (C=O) groups excluding carboxylic acids is 2. The molecule has 9 heteroatoms. The van der Waals surface area contributed by atoms with Crippen molar-refractivity contribution in [2.45, 2.75) is 44.0 Å². The Hall–Kier alpha value is -4.05. The molecule has 0 saturated carbocycles. The molecule has 1 amide bonds. The van der Waals surface area contributed by atoms with Crippen molar-refractivity contribution in [3.63, 3.8) is 0 Å². The van der Waals surface area contributed by atoms with Gasteiger partial charge in [0.2, 0.25) is 5.91 Å². The van der Waals surface area contributed by atoms with Crippen molar-refractivity contribution in [2.75, 3.05) is 13.2 Å². The topological polar surface area (TPSA) is 145 Å². The maximum atomic E-state index is 13.1. The molecule has 0 aliphatic rings. The summed E-state index contributed by atoms with van der Waals surface area (Å²) in [6, 6.07) is 23.5. The second-order valence-corrected chi connectivity index (χ2v) is 9.26. The summed E-state index contributed by atoms with van der Waals surface area (Å²) in [5.74, 6) is -2.48. The van der Waals surface area contributed by atoms with Crippen LogP contribution in [0.3, 0.4) is 0 Å². The highest BCUT2D eigenvalue weighted by Gasteiger charge is 2.30. The molecule has 0 fully saturated rings. The standard InChI is InChI=1S/C30H34N2O7/c1-20(29(36)37)31-28(35)26(16-21-8-4-2-5-9-21)32-27(30(38)39-19-25(34)18-33)17-22-12-14-24(15-13-22)23-10-6-3-7-11-23/h2-15,20,25-27,32-34H,16-19H2,1H3,(H,31,35)(H,36,37)/t20-,25?,26-,27?/m0/s1. The third-order valence-electron chi connectivity index (χ3n) is 6.14. The first-order chi connectivity index (χ1) is 18.8. The average Bonchev–Trinajstić information content (AvgIpc) is 2.96. The number of hydrogen-bond donors (Lipinski definition) is 5. The highest BCUT2D eigenvalue weighted by atomic mass is 16.5. The van der Waals surface area contributed by atoms with Gasteiger partial charge in [0.25, 0.3) is 0 Å². The van der Waals surface area contributed by atoms with E-state index in [1.807, 2.05) is 84.9 Å². The average molecular weight is 535 g/mol. The fraction of sp³-hybridized carbons (Fsp3) is 0.300. The minimum absolute atomic E-state index is 0.163. The molecule has 0 saturated heterocycles. The predicted molar refractivity (Wildman–Crippen MR) is 146 cm³/mol. The monoisotopic (exact) mass is 534 g/mol. The maximum Gasteiger partial charge on any atom is 0.325 e. The molecule has 0 radical (unpaired) electrons. The molecule has 39 heavy (non-hydrogen) atoms. The van der Waals surface area contributed by atoms with E-state index in [1.54, 1.807) is 0 Å². The Kier molecular flexibility index (Phi) is 11.2. The molecule has 0 aliphatic heterocycles. The lowest BCUT2D eigenvalue weighted by atomic mass is 9.99. The lowest BCUT2D eigenvalue weighted by Crippen LogP contribution is -2.55. The fourth-order valence-electron chi connectivity index (χ4n) is 3.94. The van der Waals surface area contributed by atoms with Crippen molar-refractivity contribution in [2.24, 2.45) is 0 Å². The highest BCUT2D eigenvalue weighted by molar-refractivity contribution is 5.87. The number of amides is 1. The van der Waals surface area contributed by atoms with Gasteiger partial charge in [-0.05, 0) is 42.0 Å². The van der Waals surface area contributed by atoms with Gasteiger partial charge in [-0.2, -0.15) is 0 Å². The van der Waals surface area contributed by atoms with Crippen LogP contribution in [0.5, 0.6) is 0 Å². The van der Waals surface area contributed by atoms with Crippen molar-refractivity contribution in [3.8, 4) is 11.1 Å². The zero-order valence-corrected chi connectivity index (χ0v) is 21.7. The van der Waals surface area contributed by atoms with Gasteiger partial charge >= 0.3 is 11.9 Å². The lowest BCUT2D eigenvalue weighted by Gasteiger charge is -2.26. The molecule has 4 atom stereocenters. The number of aliphatic hydroxyl groups excluding tert-OH is 2. The zero-order chi connectivity index (χ0) is 28.2. The third kappa shape index (κ3) is 9.33. The van der Waals surface area contributed by atoms with Crippen molar-refractivity contribution < 1.29 is 34.4 Å². The van der Waals surface area contributed by atoms with Crippen LogP contribution in [-0.4, -0.2) is 70.6 Å². The third-order valence-corrected chi connectivity index (χ3v) is 6.14. The normalized spacial score (nSPS) is 14.0. The molecular formula is C30H34N2O7. The number of hydrogen-bond acceptors (Lipinski definition) is 7. The van der Waals surface area contributed by atoms with Crippen LogP contribution in [-0.2, 0) is 32.0 Å². The van der Waals surface area contributed by atoms with Crippen LogP contribution in [0.15, 0.2) is 84.9 Å². The van der Waals surface area contributed by atoms with E-state index in [9.17, 15) is 24.6 Å². The van der Waals surface area contributed by atoms with Crippen molar-refractivity contribution >= 4 is 17.8 Å². The highest BCUT2D eigenvalue weighted by Crippen LogP contribution is 2.20. The number of aliphatic hydroxyl groups is 2. The Balaban J connectivity index is 1.84. The van der Waals surface area contributed by atoms with E-state index in [2.05, 4.69) is 10.6 Å². The summed E-state index contributed by atoms with van der Waals surface area (Å²) in [5, 5.41) is 33.6. The summed E-state index contributed by atoms with van der Waals surface area (Å²) < 4.78 is 5.24. The quantitative estimate of drug-likeness (QED) is 0.197. The van der Waals surface area contributed by atoms with E-state index in [0.29, 0.717) is 0 Å². The molecule has 3 rings (SSSR count). The Bertz CT molecular complexity index is 1200. The van der Waals surface area contributed by atoms with Crippen LogP contribution in [0, 0.1) is 0 Å². The van der Waals surface area contributed by atoms with Gasteiger partial charge in [-0.25, -0.2) is 0 Å². The van der Waals surface area contributed by atoms with Crippen LogP contribution in [0.25, 0.3) is 11.1 Å². The Morgan fingerprint density at radius 2 is 1.33 bits per heavy atom. The number of carboxylic acid groups (broad SMARTS) is 1. The van der Waals surface area contributed by atoms with Gasteiger partial charge in [0.15, 0.2) is 0 Å². The second kappa shape index (κ2) is 14.8. The van der Waals surface area contributed by atoms with Crippen molar-refractivity contribution in [3.05, 3.63) is 96.1 Å². The number of carboxylic acids is 1. The molecule has 0 aromatic heterocycles. The van der Waals surface area contributed by atoms with E-state index in [0.717, 1.165) is 22.3 Å². The van der Waals surface area contributed by atoms with E-state index in [-0.39, 0.29) is 12.8 Å². The van der Waals surface area contributed by atoms with Crippen LogP contribution in [0.4, 0.5) is 0 Å². The van der Waals surface area contributed by atoms with Gasteiger partial charge in [-0.1, -0.05) is 84.9 Å². The van der Waals surface area contributed by atoms with Gasteiger partial charge in [-0.3, -0.25) is 19.7 Å². The van der Waals surface area contributed by atoms with Gasteiger partial charge in [0.05, 0.1) is 12.6 Å². The van der Waals surface area contributed by atoms with Crippen molar-refractivity contribution in [1.29, 1.82) is 0 Å². The molecule has 3 aromatic carbocycles. The minimum atomic E-state index is -1.24. The lowest BCUT2D eigenvalue weighted by molar-refractivity contribution is -0.150. The first-order valence-corrected chi connectivity index (χ1v) is 12.7. The molecule has 9 nitrogen and oxygen atoms in total. The van der Waals surface area contributed by atoms with Crippen LogP contribution in [0.1, 0.15) is 18.1 Å².